The van der Waals surface area contributed by atoms with E-state index in [1.165, 1.54) is 23.1 Å². The second-order valence-corrected chi connectivity index (χ2v) is 11.4. The summed E-state index contributed by atoms with van der Waals surface area (Å²) in [6, 6.07) is 21.1. The quantitative estimate of drug-likeness (QED) is 0.312. The Kier molecular flexibility index (Phi) is 10.3. The number of nitrogens with one attached hydrogen (secondary N) is 1. The van der Waals surface area contributed by atoms with Gasteiger partial charge in [0.15, 0.2) is 0 Å². The maximum Gasteiger partial charge on any atom is 0.264 e. The van der Waals surface area contributed by atoms with E-state index in [1.807, 2.05) is 38.1 Å². The van der Waals surface area contributed by atoms with Crippen LogP contribution in [0.15, 0.2) is 83.8 Å². The standard InChI is InChI=1S/C29H34ClN3O4S/c1-4-5-18-31-29(35)23(3)32(20-24-13-10-9-12-22(24)2)28(34)21-33(26-15-11-14-25(30)19-26)38(36,37)27-16-7-6-8-17-27/h6-17,19,23H,4-5,18,20-21H2,1-3H3,(H,31,35)/t23-/m0/s1. The Bertz CT molecular complexity index is 1350. The van der Waals surface area contributed by atoms with Crippen LogP contribution in [0.2, 0.25) is 5.02 Å². The van der Waals surface area contributed by atoms with Gasteiger partial charge in [-0.05, 0) is 61.7 Å². The van der Waals surface area contributed by atoms with Gasteiger partial charge in [0.2, 0.25) is 11.8 Å². The summed E-state index contributed by atoms with van der Waals surface area (Å²) in [5.74, 6) is -0.800. The van der Waals surface area contributed by atoms with E-state index in [1.54, 1.807) is 43.3 Å². The molecule has 1 N–H and O–H groups in total. The molecule has 7 nitrogen and oxygen atoms in total. The van der Waals surface area contributed by atoms with Crippen LogP contribution in [0.25, 0.3) is 0 Å². The first-order valence-electron chi connectivity index (χ1n) is 12.6. The summed E-state index contributed by atoms with van der Waals surface area (Å²) in [7, 11) is -4.12. The molecule has 0 aliphatic carbocycles. The van der Waals surface area contributed by atoms with Crippen LogP contribution in [-0.4, -0.2) is 44.3 Å². The number of amides is 2. The number of hydrogen-bond donors (Lipinski definition) is 1. The molecule has 0 saturated carbocycles. The highest BCUT2D eigenvalue weighted by Crippen LogP contribution is 2.27. The third-order valence-corrected chi connectivity index (χ3v) is 8.33. The SMILES string of the molecule is CCCCNC(=O)[C@H](C)N(Cc1ccccc1C)C(=O)CN(c1cccc(Cl)c1)S(=O)(=O)c1ccccc1. The lowest BCUT2D eigenvalue weighted by molar-refractivity contribution is -0.139. The van der Waals surface area contributed by atoms with Crippen LogP contribution >= 0.6 is 11.6 Å². The Hall–Kier alpha value is -3.36. The van der Waals surface area contributed by atoms with E-state index in [0.29, 0.717) is 11.6 Å². The van der Waals surface area contributed by atoms with Crippen molar-refractivity contribution in [3.05, 3.63) is 95.0 Å². The second-order valence-electron chi connectivity index (χ2n) is 9.07. The average Bonchev–Trinajstić information content (AvgIpc) is 2.91. The lowest BCUT2D eigenvalue weighted by Gasteiger charge is -2.32. The molecular weight excluding hydrogens is 522 g/mol. The molecule has 202 valence electrons. The highest BCUT2D eigenvalue weighted by atomic mass is 35.5. The van der Waals surface area contributed by atoms with Crippen molar-refractivity contribution in [2.45, 2.75) is 51.1 Å². The predicted molar refractivity (Wildman–Crippen MR) is 152 cm³/mol. The maximum absolute atomic E-state index is 13.9. The Morgan fingerprint density at radius 2 is 1.66 bits per heavy atom. The van der Waals surface area contributed by atoms with Gasteiger partial charge in [0.05, 0.1) is 10.6 Å². The molecule has 9 heteroatoms. The molecule has 0 fully saturated rings. The van der Waals surface area contributed by atoms with Gasteiger partial charge in [-0.3, -0.25) is 13.9 Å². The minimum absolute atomic E-state index is 0.0450. The van der Waals surface area contributed by atoms with Gasteiger partial charge in [0.25, 0.3) is 10.0 Å². The first kappa shape index (κ1) is 29.2. The summed E-state index contributed by atoms with van der Waals surface area (Å²) in [5.41, 5.74) is 2.09. The third-order valence-electron chi connectivity index (χ3n) is 6.31. The average molecular weight is 556 g/mol. The zero-order valence-electron chi connectivity index (χ0n) is 21.9. The van der Waals surface area contributed by atoms with Gasteiger partial charge in [-0.1, -0.05) is 73.5 Å². The van der Waals surface area contributed by atoms with E-state index in [2.05, 4.69) is 5.32 Å². The first-order valence-corrected chi connectivity index (χ1v) is 14.4. The molecule has 3 aromatic rings. The number of rotatable bonds is 12. The summed E-state index contributed by atoms with van der Waals surface area (Å²) in [6.07, 6.45) is 1.74. The fraction of sp³-hybridized carbons (Fsp3) is 0.310. The monoisotopic (exact) mass is 555 g/mol. The van der Waals surface area contributed by atoms with Crippen molar-refractivity contribution in [2.75, 3.05) is 17.4 Å². The lowest BCUT2D eigenvalue weighted by atomic mass is 10.1. The van der Waals surface area contributed by atoms with Gasteiger partial charge < -0.3 is 10.2 Å². The highest BCUT2D eigenvalue weighted by Gasteiger charge is 2.32. The van der Waals surface area contributed by atoms with Crippen LogP contribution in [0.4, 0.5) is 5.69 Å². The van der Waals surface area contributed by atoms with Crippen LogP contribution < -0.4 is 9.62 Å². The van der Waals surface area contributed by atoms with Crippen LogP contribution in [0, 0.1) is 6.92 Å². The Morgan fingerprint density at radius 1 is 0.974 bits per heavy atom. The van der Waals surface area contributed by atoms with Gasteiger partial charge in [-0.25, -0.2) is 8.42 Å². The number of carbonyl (C=O) groups is 2. The summed E-state index contributed by atoms with van der Waals surface area (Å²) < 4.78 is 28.5. The summed E-state index contributed by atoms with van der Waals surface area (Å²) in [6.45, 7) is 5.78. The van der Waals surface area contributed by atoms with Crippen LogP contribution in [0.1, 0.15) is 37.8 Å². The van der Waals surface area contributed by atoms with Crippen LogP contribution in [0.5, 0.6) is 0 Å². The van der Waals surface area contributed by atoms with Crippen molar-refractivity contribution in [3.8, 4) is 0 Å². The topological polar surface area (TPSA) is 86.8 Å². The molecule has 0 spiro atoms. The van der Waals surface area contributed by atoms with Crippen LogP contribution in [-0.2, 0) is 26.2 Å². The Labute approximate surface area is 230 Å². The van der Waals surface area contributed by atoms with E-state index in [-0.39, 0.29) is 23.0 Å². The molecule has 0 saturated heterocycles. The fourth-order valence-corrected chi connectivity index (χ4v) is 5.58. The van der Waals surface area contributed by atoms with E-state index in [4.69, 9.17) is 11.6 Å². The van der Waals surface area contributed by atoms with E-state index in [0.717, 1.165) is 28.3 Å². The number of nitrogens with zero attached hydrogens (tertiary/aromatic N) is 2. The molecule has 0 unspecified atom stereocenters. The van der Waals surface area contributed by atoms with Crippen LogP contribution in [0.3, 0.4) is 0 Å². The molecule has 0 aliphatic rings. The van der Waals surface area contributed by atoms with Crippen molar-refractivity contribution in [1.29, 1.82) is 0 Å². The number of sulfonamides is 1. The fourth-order valence-electron chi connectivity index (χ4n) is 3.97. The lowest BCUT2D eigenvalue weighted by Crippen LogP contribution is -2.51. The van der Waals surface area contributed by atoms with Crippen molar-refractivity contribution in [2.24, 2.45) is 0 Å². The molecule has 38 heavy (non-hydrogen) atoms. The molecular formula is C29H34ClN3O4S. The maximum atomic E-state index is 13.9. The zero-order valence-corrected chi connectivity index (χ0v) is 23.5. The van der Waals surface area contributed by atoms with E-state index >= 15 is 0 Å². The third kappa shape index (κ3) is 7.36. The van der Waals surface area contributed by atoms with Gasteiger partial charge in [-0.2, -0.15) is 0 Å². The van der Waals surface area contributed by atoms with Crippen molar-refractivity contribution in [3.63, 3.8) is 0 Å². The number of halogens is 1. The number of hydrogen-bond acceptors (Lipinski definition) is 4. The zero-order chi connectivity index (χ0) is 27.7. The highest BCUT2D eigenvalue weighted by molar-refractivity contribution is 7.92. The molecule has 3 aromatic carbocycles. The van der Waals surface area contributed by atoms with Crippen molar-refractivity contribution >= 4 is 39.1 Å². The Morgan fingerprint density at radius 3 is 2.32 bits per heavy atom. The van der Waals surface area contributed by atoms with Gasteiger partial charge in [0, 0.05) is 18.1 Å². The van der Waals surface area contributed by atoms with Crippen molar-refractivity contribution in [1.82, 2.24) is 10.2 Å². The number of anilines is 1. The van der Waals surface area contributed by atoms with Gasteiger partial charge in [-0.15, -0.1) is 0 Å². The molecule has 0 aromatic heterocycles. The van der Waals surface area contributed by atoms with E-state index in [9.17, 15) is 18.0 Å². The second kappa shape index (κ2) is 13.4. The first-order chi connectivity index (χ1) is 18.1. The normalized spacial score (nSPS) is 12.0. The summed E-state index contributed by atoms with van der Waals surface area (Å²) in [4.78, 5) is 28.4. The largest absolute Gasteiger partial charge is 0.354 e. The van der Waals surface area contributed by atoms with Crippen molar-refractivity contribution < 1.29 is 18.0 Å². The number of unbranched alkanes of at least 4 members (excludes halogenated alkanes) is 1. The molecule has 0 heterocycles. The molecule has 3 rings (SSSR count). The molecule has 1 atom stereocenters. The molecule has 0 radical (unpaired) electrons. The predicted octanol–water partition coefficient (Wildman–Crippen LogP) is 5.18. The smallest absolute Gasteiger partial charge is 0.264 e. The Balaban J connectivity index is 2.00. The number of carbonyl (C=O) groups excluding carboxylic acids is 2. The minimum Gasteiger partial charge on any atom is -0.354 e. The number of aryl methyl sites for hydroxylation is 1. The molecule has 0 bridgehead atoms. The number of benzene rings is 3. The van der Waals surface area contributed by atoms with E-state index < -0.39 is 28.5 Å². The summed E-state index contributed by atoms with van der Waals surface area (Å²) >= 11 is 6.19. The molecule has 2 amide bonds. The van der Waals surface area contributed by atoms with Gasteiger partial charge in [0.1, 0.15) is 12.6 Å². The van der Waals surface area contributed by atoms with Gasteiger partial charge >= 0.3 is 0 Å². The minimum atomic E-state index is -4.12. The molecule has 0 aliphatic heterocycles. The summed E-state index contributed by atoms with van der Waals surface area (Å²) in [5, 5.41) is 3.22.